The maximum Gasteiger partial charge on any atom is 0.0312 e. The van der Waals surface area contributed by atoms with E-state index in [9.17, 15) is 0 Å². The van der Waals surface area contributed by atoms with Crippen LogP contribution in [0.1, 0.15) is 57.9 Å². The van der Waals surface area contributed by atoms with E-state index in [2.05, 4.69) is 30.2 Å². The van der Waals surface area contributed by atoms with Crippen LogP contribution in [0.25, 0.3) is 0 Å². The summed E-state index contributed by atoms with van der Waals surface area (Å²) >= 11 is 0. The van der Waals surface area contributed by atoms with E-state index in [1.807, 2.05) is 18.5 Å². The molecule has 4 bridgehead atoms. The highest BCUT2D eigenvalue weighted by atomic mass is 15.0. The van der Waals surface area contributed by atoms with E-state index >= 15 is 0 Å². The maximum absolute atomic E-state index is 4.24. The van der Waals surface area contributed by atoms with Gasteiger partial charge in [0.2, 0.25) is 0 Å². The Morgan fingerprint density at radius 3 is 2.50 bits per heavy atom. The van der Waals surface area contributed by atoms with Crippen LogP contribution in [0.2, 0.25) is 0 Å². The van der Waals surface area contributed by atoms with Crippen LogP contribution in [-0.4, -0.2) is 10.5 Å². The molecule has 0 spiro atoms. The summed E-state index contributed by atoms with van der Waals surface area (Å²) in [5.74, 6) is 0.961. The Morgan fingerprint density at radius 1 is 1.15 bits per heavy atom. The molecule has 20 heavy (non-hydrogen) atoms. The van der Waals surface area contributed by atoms with E-state index in [1.165, 1.54) is 44.1 Å². The first-order valence-corrected chi connectivity index (χ1v) is 8.12. The molecule has 2 unspecified atom stereocenters. The summed E-state index contributed by atoms with van der Waals surface area (Å²) in [4.78, 5) is 4.24. The second-order valence-electron chi connectivity index (χ2n) is 8.63. The Hall–Kier alpha value is -0.890. The molecule has 2 heteroatoms. The fourth-order valence-electron chi connectivity index (χ4n) is 6.44. The van der Waals surface area contributed by atoms with Gasteiger partial charge in [-0.2, -0.15) is 0 Å². The minimum Gasteiger partial charge on any atom is -0.307 e. The van der Waals surface area contributed by atoms with Crippen LogP contribution in [-0.2, 0) is 6.54 Å². The lowest BCUT2D eigenvalue weighted by molar-refractivity contribution is -0.118. The quantitative estimate of drug-likeness (QED) is 0.900. The zero-order chi connectivity index (χ0) is 13.8. The van der Waals surface area contributed by atoms with Gasteiger partial charge in [-0.15, -0.1) is 0 Å². The highest BCUT2D eigenvalue weighted by molar-refractivity contribution is 5.16. The largest absolute Gasteiger partial charge is 0.307 e. The molecule has 4 aliphatic carbocycles. The average molecular weight is 270 g/mol. The predicted molar refractivity (Wildman–Crippen MR) is 81.2 cm³/mol. The molecule has 4 saturated carbocycles. The molecule has 4 aliphatic rings. The van der Waals surface area contributed by atoms with Crippen LogP contribution >= 0.6 is 0 Å². The zero-order valence-electron chi connectivity index (χ0n) is 12.8. The van der Waals surface area contributed by atoms with Crippen LogP contribution in [0.5, 0.6) is 0 Å². The van der Waals surface area contributed by atoms with Gasteiger partial charge in [-0.05, 0) is 66.9 Å². The minimum absolute atomic E-state index is 0.402. The molecule has 4 fully saturated rings. The summed E-state index contributed by atoms with van der Waals surface area (Å²) < 4.78 is 0. The number of hydrogen-bond acceptors (Lipinski definition) is 2. The number of nitrogens with one attached hydrogen (secondary N) is 1. The molecule has 0 radical (unpaired) electrons. The van der Waals surface area contributed by atoms with Crippen molar-refractivity contribution in [1.29, 1.82) is 0 Å². The van der Waals surface area contributed by atoms with Crippen molar-refractivity contribution < 1.29 is 0 Å². The van der Waals surface area contributed by atoms with Crippen molar-refractivity contribution in [2.24, 2.45) is 16.7 Å². The predicted octanol–water partition coefficient (Wildman–Crippen LogP) is 3.92. The first-order valence-electron chi connectivity index (χ1n) is 8.12. The van der Waals surface area contributed by atoms with Gasteiger partial charge >= 0.3 is 0 Å². The summed E-state index contributed by atoms with van der Waals surface area (Å²) in [6.45, 7) is 6.05. The van der Waals surface area contributed by atoms with Crippen molar-refractivity contribution in [2.75, 3.05) is 0 Å². The van der Waals surface area contributed by atoms with E-state index in [0.717, 1.165) is 12.5 Å². The number of pyridine rings is 1. The van der Waals surface area contributed by atoms with Crippen molar-refractivity contribution in [1.82, 2.24) is 10.3 Å². The average Bonchev–Trinajstić information content (AvgIpc) is 2.33. The molecule has 4 atom stereocenters. The Bertz CT molecular complexity index is 491. The van der Waals surface area contributed by atoms with Crippen molar-refractivity contribution in [2.45, 2.75) is 64.5 Å². The molecule has 1 heterocycles. The summed E-state index contributed by atoms with van der Waals surface area (Å²) in [7, 11) is 0. The lowest BCUT2D eigenvalue weighted by Crippen LogP contribution is -2.63. The van der Waals surface area contributed by atoms with Crippen molar-refractivity contribution in [3.05, 3.63) is 30.1 Å². The molecule has 1 N–H and O–H groups in total. The zero-order valence-corrected chi connectivity index (χ0v) is 12.8. The van der Waals surface area contributed by atoms with Crippen LogP contribution in [0.4, 0.5) is 0 Å². The topological polar surface area (TPSA) is 24.9 Å². The molecule has 0 saturated heterocycles. The first kappa shape index (κ1) is 12.8. The van der Waals surface area contributed by atoms with Crippen molar-refractivity contribution >= 4 is 0 Å². The molecule has 108 valence electrons. The molecule has 1 aromatic rings. The number of rotatable bonds is 3. The maximum atomic E-state index is 4.24. The Balaban J connectivity index is 1.55. The molecule has 0 amide bonds. The van der Waals surface area contributed by atoms with Gasteiger partial charge in [0.25, 0.3) is 0 Å². The molecule has 1 aromatic heterocycles. The number of aromatic nitrogens is 1. The summed E-state index contributed by atoms with van der Waals surface area (Å²) in [5, 5.41) is 3.95. The normalized spacial score (nSPS) is 45.8. The van der Waals surface area contributed by atoms with E-state index in [4.69, 9.17) is 0 Å². The third-order valence-corrected chi connectivity index (χ3v) is 6.02. The molecular weight excluding hydrogens is 244 g/mol. The molecule has 0 aromatic carbocycles. The van der Waals surface area contributed by atoms with Crippen LogP contribution in [0.15, 0.2) is 24.5 Å². The third kappa shape index (κ3) is 2.09. The van der Waals surface area contributed by atoms with E-state index in [0.29, 0.717) is 16.4 Å². The highest BCUT2D eigenvalue weighted by Crippen LogP contribution is 2.66. The SMILES string of the molecule is C[C@]12CC3CC(NCc4cccnc4)(C1)C[C@@](C)(C3)C2. The second kappa shape index (κ2) is 4.07. The van der Waals surface area contributed by atoms with Gasteiger partial charge in [0, 0.05) is 24.5 Å². The van der Waals surface area contributed by atoms with Gasteiger partial charge in [-0.3, -0.25) is 4.98 Å². The lowest BCUT2D eigenvalue weighted by Gasteiger charge is -2.65. The molecule has 2 nitrogen and oxygen atoms in total. The highest BCUT2D eigenvalue weighted by Gasteiger charge is 2.59. The van der Waals surface area contributed by atoms with Crippen molar-refractivity contribution in [3.8, 4) is 0 Å². The Labute approximate surface area is 122 Å². The van der Waals surface area contributed by atoms with Crippen LogP contribution < -0.4 is 5.32 Å². The molecule has 0 aliphatic heterocycles. The summed E-state index contributed by atoms with van der Waals surface area (Å²) in [5.41, 5.74) is 2.91. The van der Waals surface area contributed by atoms with E-state index in [1.54, 1.807) is 0 Å². The lowest BCUT2D eigenvalue weighted by atomic mass is 9.43. The van der Waals surface area contributed by atoms with Crippen LogP contribution in [0, 0.1) is 16.7 Å². The second-order valence-corrected chi connectivity index (χ2v) is 8.63. The van der Waals surface area contributed by atoms with Crippen LogP contribution in [0.3, 0.4) is 0 Å². The van der Waals surface area contributed by atoms with E-state index in [-0.39, 0.29) is 0 Å². The number of hydrogen-bond donors (Lipinski definition) is 1. The summed E-state index contributed by atoms with van der Waals surface area (Å²) in [6.07, 6.45) is 12.4. The smallest absolute Gasteiger partial charge is 0.0312 e. The first-order chi connectivity index (χ1) is 9.49. The summed E-state index contributed by atoms with van der Waals surface area (Å²) in [6, 6.07) is 4.23. The van der Waals surface area contributed by atoms with Gasteiger partial charge in [0.05, 0.1) is 0 Å². The minimum atomic E-state index is 0.402. The monoisotopic (exact) mass is 270 g/mol. The Kier molecular flexibility index (Phi) is 2.61. The van der Waals surface area contributed by atoms with Gasteiger partial charge in [0.15, 0.2) is 0 Å². The van der Waals surface area contributed by atoms with Gasteiger partial charge in [-0.25, -0.2) is 0 Å². The molecule has 5 rings (SSSR count). The fourth-order valence-corrected chi connectivity index (χ4v) is 6.44. The van der Waals surface area contributed by atoms with Gasteiger partial charge in [-0.1, -0.05) is 19.9 Å². The van der Waals surface area contributed by atoms with Crippen molar-refractivity contribution in [3.63, 3.8) is 0 Å². The standard InChI is InChI=1S/C18H26N2/c1-16-6-15-7-17(2,11-16)13-18(8-15,12-16)20-10-14-4-3-5-19-9-14/h3-5,9,15,20H,6-8,10-13H2,1-2H3/t15?,16-,17+,18?. The van der Waals surface area contributed by atoms with Gasteiger partial charge < -0.3 is 5.32 Å². The number of nitrogens with zero attached hydrogens (tertiary/aromatic N) is 1. The van der Waals surface area contributed by atoms with Gasteiger partial charge in [0.1, 0.15) is 0 Å². The third-order valence-electron chi connectivity index (χ3n) is 6.02. The Morgan fingerprint density at radius 2 is 1.90 bits per heavy atom. The molecular formula is C18H26N2. The fraction of sp³-hybridized carbons (Fsp3) is 0.722. The van der Waals surface area contributed by atoms with E-state index < -0.39 is 0 Å².